The minimum absolute atomic E-state index is 0.474. The number of nitrogens with zero attached hydrogens (tertiary/aromatic N) is 1. The Morgan fingerprint density at radius 3 is 2.61 bits per heavy atom. The van der Waals surface area contributed by atoms with E-state index in [4.69, 9.17) is 4.74 Å². The third kappa shape index (κ3) is 3.83. The number of piperazine rings is 1. The Bertz CT molecular complexity index is 638. The maximum atomic E-state index is 10.7. The molecule has 1 unspecified atom stereocenters. The SMILES string of the molecule is CCCOc1ccc(C(O)CN2CCNCC2)c2ccccc12. The van der Waals surface area contributed by atoms with Gasteiger partial charge in [0.2, 0.25) is 0 Å². The van der Waals surface area contributed by atoms with Gasteiger partial charge in [0.25, 0.3) is 0 Å². The van der Waals surface area contributed by atoms with Crippen molar-refractivity contribution in [1.82, 2.24) is 10.2 Å². The lowest BCUT2D eigenvalue weighted by Gasteiger charge is -2.29. The molecule has 0 saturated carbocycles. The van der Waals surface area contributed by atoms with Crippen LogP contribution in [0.1, 0.15) is 25.0 Å². The van der Waals surface area contributed by atoms with Crippen molar-refractivity contribution >= 4 is 10.8 Å². The van der Waals surface area contributed by atoms with Crippen LogP contribution in [0.5, 0.6) is 5.75 Å². The molecule has 0 radical (unpaired) electrons. The highest BCUT2D eigenvalue weighted by atomic mass is 16.5. The van der Waals surface area contributed by atoms with E-state index in [1.807, 2.05) is 24.3 Å². The van der Waals surface area contributed by atoms with Gasteiger partial charge in [0.05, 0.1) is 12.7 Å². The van der Waals surface area contributed by atoms with Crippen molar-refractivity contribution in [2.45, 2.75) is 19.4 Å². The smallest absolute Gasteiger partial charge is 0.127 e. The molecular weight excluding hydrogens is 288 g/mol. The Kier molecular flexibility index (Phi) is 5.49. The number of hydrogen-bond donors (Lipinski definition) is 2. The molecule has 1 saturated heterocycles. The summed E-state index contributed by atoms with van der Waals surface area (Å²) >= 11 is 0. The van der Waals surface area contributed by atoms with Crippen LogP contribution in [0.15, 0.2) is 36.4 Å². The second-order valence-corrected chi connectivity index (χ2v) is 6.11. The molecule has 0 aliphatic carbocycles. The van der Waals surface area contributed by atoms with Gasteiger partial charge in [-0.15, -0.1) is 0 Å². The lowest BCUT2D eigenvalue weighted by atomic mass is 9.99. The Hall–Kier alpha value is -1.62. The Labute approximate surface area is 138 Å². The van der Waals surface area contributed by atoms with Crippen LogP contribution in [0.2, 0.25) is 0 Å². The van der Waals surface area contributed by atoms with Crippen LogP contribution in [0, 0.1) is 0 Å². The summed E-state index contributed by atoms with van der Waals surface area (Å²) in [7, 11) is 0. The summed E-state index contributed by atoms with van der Waals surface area (Å²) in [5, 5.41) is 16.2. The number of fused-ring (bicyclic) bond motifs is 1. The summed E-state index contributed by atoms with van der Waals surface area (Å²) in [5.41, 5.74) is 0.989. The van der Waals surface area contributed by atoms with E-state index in [9.17, 15) is 5.11 Å². The highest BCUT2D eigenvalue weighted by Gasteiger charge is 2.18. The molecule has 3 rings (SSSR count). The number of β-amino-alcohol motifs (C(OH)–C–C–N with tert-alkyl or cyclic N) is 1. The Balaban J connectivity index is 1.85. The fourth-order valence-electron chi connectivity index (χ4n) is 3.16. The van der Waals surface area contributed by atoms with Gasteiger partial charge in [0, 0.05) is 38.1 Å². The first-order valence-electron chi connectivity index (χ1n) is 8.55. The van der Waals surface area contributed by atoms with E-state index >= 15 is 0 Å². The van der Waals surface area contributed by atoms with E-state index in [1.165, 1.54) is 0 Å². The molecule has 1 atom stereocenters. The van der Waals surface area contributed by atoms with Crippen LogP contribution < -0.4 is 10.1 Å². The quantitative estimate of drug-likeness (QED) is 0.860. The highest BCUT2D eigenvalue weighted by molar-refractivity contribution is 5.91. The highest BCUT2D eigenvalue weighted by Crippen LogP contribution is 2.32. The number of aliphatic hydroxyl groups excluding tert-OH is 1. The van der Waals surface area contributed by atoms with Crippen LogP contribution in [0.4, 0.5) is 0 Å². The molecule has 4 heteroatoms. The van der Waals surface area contributed by atoms with Gasteiger partial charge in [-0.1, -0.05) is 37.3 Å². The van der Waals surface area contributed by atoms with Crippen molar-refractivity contribution in [3.8, 4) is 5.75 Å². The van der Waals surface area contributed by atoms with Crippen molar-refractivity contribution < 1.29 is 9.84 Å². The summed E-state index contributed by atoms with van der Waals surface area (Å²) < 4.78 is 5.85. The summed E-state index contributed by atoms with van der Waals surface area (Å²) in [6.45, 7) is 7.48. The molecule has 0 amide bonds. The molecule has 1 fully saturated rings. The zero-order chi connectivity index (χ0) is 16.1. The summed E-state index contributed by atoms with van der Waals surface area (Å²) in [6, 6.07) is 12.2. The number of hydrogen-bond acceptors (Lipinski definition) is 4. The third-order valence-corrected chi connectivity index (χ3v) is 4.38. The van der Waals surface area contributed by atoms with E-state index in [-0.39, 0.29) is 0 Å². The molecule has 23 heavy (non-hydrogen) atoms. The molecule has 2 N–H and O–H groups in total. The first-order chi connectivity index (χ1) is 11.3. The van der Waals surface area contributed by atoms with E-state index in [2.05, 4.69) is 29.3 Å². The number of rotatable bonds is 6. The number of nitrogens with one attached hydrogen (secondary N) is 1. The van der Waals surface area contributed by atoms with E-state index < -0.39 is 6.10 Å². The second kappa shape index (κ2) is 7.77. The monoisotopic (exact) mass is 314 g/mol. The second-order valence-electron chi connectivity index (χ2n) is 6.11. The normalized spacial score (nSPS) is 17.3. The van der Waals surface area contributed by atoms with Crippen LogP contribution in [-0.2, 0) is 0 Å². The molecular formula is C19H26N2O2. The van der Waals surface area contributed by atoms with E-state index in [0.717, 1.165) is 54.7 Å². The first kappa shape index (κ1) is 16.2. The standard InChI is InChI=1S/C19H26N2O2/c1-2-13-23-19-8-7-16(15-5-3-4-6-17(15)19)18(22)14-21-11-9-20-10-12-21/h3-8,18,20,22H,2,9-14H2,1H3. The van der Waals surface area contributed by atoms with Crippen molar-refractivity contribution in [3.05, 3.63) is 42.0 Å². The number of ether oxygens (including phenoxy) is 1. The Morgan fingerprint density at radius 2 is 1.87 bits per heavy atom. The first-order valence-corrected chi connectivity index (χ1v) is 8.55. The minimum atomic E-state index is -0.474. The van der Waals surface area contributed by atoms with Gasteiger partial charge < -0.3 is 15.2 Å². The van der Waals surface area contributed by atoms with Crippen LogP contribution in [-0.4, -0.2) is 49.3 Å². The summed E-state index contributed by atoms with van der Waals surface area (Å²) in [4.78, 5) is 2.32. The largest absolute Gasteiger partial charge is 0.493 e. The van der Waals surface area contributed by atoms with Crippen LogP contribution in [0.25, 0.3) is 10.8 Å². The fourth-order valence-corrected chi connectivity index (χ4v) is 3.16. The molecule has 1 heterocycles. The van der Waals surface area contributed by atoms with Gasteiger partial charge in [-0.05, 0) is 23.4 Å². The third-order valence-electron chi connectivity index (χ3n) is 4.38. The van der Waals surface area contributed by atoms with E-state index in [0.29, 0.717) is 13.2 Å². The van der Waals surface area contributed by atoms with Crippen molar-refractivity contribution in [1.29, 1.82) is 0 Å². The average Bonchev–Trinajstić information content (AvgIpc) is 2.60. The Morgan fingerprint density at radius 1 is 1.13 bits per heavy atom. The van der Waals surface area contributed by atoms with Gasteiger partial charge in [-0.2, -0.15) is 0 Å². The fraction of sp³-hybridized carbons (Fsp3) is 0.474. The van der Waals surface area contributed by atoms with Gasteiger partial charge in [0.1, 0.15) is 5.75 Å². The topological polar surface area (TPSA) is 44.7 Å². The predicted molar refractivity (Wildman–Crippen MR) is 94.0 cm³/mol. The van der Waals surface area contributed by atoms with Gasteiger partial charge in [0.15, 0.2) is 0 Å². The summed E-state index contributed by atoms with van der Waals surface area (Å²) in [6.07, 6.45) is 0.514. The minimum Gasteiger partial charge on any atom is -0.493 e. The van der Waals surface area contributed by atoms with Crippen LogP contribution >= 0.6 is 0 Å². The van der Waals surface area contributed by atoms with Crippen molar-refractivity contribution in [2.75, 3.05) is 39.3 Å². The lowest BCUT2D eigenvalue weighted by Crippen LogP contribution is -2.44. The molecule has 1 aliphatic rings. The molecule has 0 aromatic heterocycles. The molecule has 0 spiro atoms. The van der Waals surface area contributed by atoms with Crippen LogP contribution in [0.3, 0.4) is 0 Å². The summed E-state index contributed by atoms with van der Waals surface area (Å²) in [5.74, 6) is 0.903. The van der Waals surface area contributed by atoms with Crippen molar-refractivity contribution in [2.24, 2.45) is 0 Å². The zero-order valence-corrected chi connectivity index (χ0v) is 13.8. The number of aliphatic hydroxyl groups is 1. The van der Waals surface area contributed by atoms with E-state index in [1.54, 1.807) is 0 Å². The van der Waals surface area contributed by atoms with Gasteiger partial charge in [-0.25, -0.2) is 0 Å². The lowest BCUT2D eigenvalue weighted by molar-refractivity contribution is 0.106. The molecule has 0 bridgehead atoms. The molecule has 1 aliphatic heterocycles. The molecule has 2 aromatic rings. The van der Waals surface area contributed by atoms with Gasteiger partial charge in [-0.3, -0.25) is 4.90 Å². The zero-order valence-electron chi connectivity index (χ0n) is 13.8. The molecule has 124 valence electrons. The van der Waals surface area contributed by atoms with Gasteiger partial charge >= 0.3 is 0 Å². The number of benzene rings is 2. The molecule has 2 aromatic carbocycles. The average molecular weight is 314 g/mol. The predicted octanol–water partition coefficient (Wildman–Crippen LogP) is 2.57. The maximum absolute atomic E-state index is 10.7. The maximum Gasteiger partial charge on any atom is 0.127 e. The van der Waals surface area contributed by atoms with Crippen molar-refractivity contribution in [3.63, 3.8) is 0 Å². The molecule has 4 nitrogen and oxygen atoms in total.